The number of hydrogen-bond donors (Lipinski definition) is 1. The van der Waals surface area contributed by atoms with Crippen LogP contribution >= 0.6 is 15.9 Å². The van der Waals surface area contributed by atoms with Crippen LogP contribution in [0.2, 0.25) is 0 Å². The van der Waals surface area contributed by atoms with Crippen molar-refractivity contribution in [3.63, 3.8) is 0 Å². The van der Waals surface area contributed by atoms with Gasteiger partial charge in [0.15, 0.2) is 5.58 Å². The number of halogens is 1. The van der Waals surface area contributed by atoms with Crippen LogP contribution in [-0.2, 0) is 0 Å². The van der Waals surface area contributed by atoms with E-state index in [0.717, 1.165) is 15.6 Å². The number of nitrogens with one attached hydrogen (secondary N) is 1. The predicted molar refractivity (Wildman–Crippen MR) is 108 cm³/mol. The monoisotopic (exact) mass is 422 g/mol. The van der Waals surface area contributed by atoms with Gasteiger partial charge in [0.25, 0.3) is 5.91 Å². The van der Waals surface area contributed by atoms with Crippen molar-refractivity contribution >= 4 is 38.6 Å². The molecule has 0 unspecified atom stereocenters. The Morgan fingerprint density at radius 3 is 2.63 bits per heavy atom. The van der Waals surface area contributed by atoms with E-state index in [1.807, 2.05) is 48.5 Å². The number of hydrogen-bond acceptors (Lipinski definition) is 4. The van der Waals surface area contributed by atoms with Crippen molar-refractivity contribution in [1.29, 1.82) is 0 Å². The molecule has 1 heterocycles. The molecule has 3 aromatic carbocycles. The highest BCUT2D eigenvalue weighted by atomic mass is 79.9. The van der Waals surface area contributed by atoms with Crippen LogP contribution in [0.15, 0.2) is 75.6 Å². The van der Waals surface area contributed by atoms with E-state index >= 15 is 0 Å². The van der Waals surface area contributed by atoms with E-state index in [1.165, 1.54) is 0 Å². The van der Waals surface area contributed by atoms with E-state index < -0.39 is 0 Å². The first kappa shape index (κ1) is 17.3. The first-order valence-corrected chi connectivity index (χ1v) is 9.05. The third kappa shape index (κ3) is 3.44. The number of ether oxygens (including phenoxy) is 1. The Kier molecular flexibility index (Phi) is 4.64. The van der Waals surface area contributed by atoms with Crippen LogP contribution in [0.5, 0.6) is 5.75 Å². The molecule has 0 aliphatic heterocycles. The third-order valence-corrected chi connectivity index (χ3v) is 4.80. The molecule has 0 fully saturated rings. The predicted octanol–water partition coefficient (Wildman–Crippen LogP) is 5.52. The zero-order chi connectivity index (χ0) is 18.8. The van der Waals surface area contributed by atoms with E-state index in [9.17, 15) is 4.79 Å². The van der Waals surface area contributed by atoms with Gasteiger partial charge in [-0.2, -0.15) is 0 Å². The number of amides is 1. The quantitative estimate of drug-likeness (QED) is 0.470. The second-order valence-corrected chi connectivity index (χ2v) is 6.69. The number of carbonyl (C=O) groups excluding carboxylic acids is 1. The summed E-state index contributed by atoms with van der Waals surface area (Å²) in [6.07, 6.45) is 0. The highest BCUT2D eigenvalue weighted by molar-refractivity contribution is 9.10. The number of carbonyl (C=O) groups is 1. The molecule has 5 nitrogen and oxygen atoms in total. The molecular weight excluding hydrogens is 408 g/mol. The molecule has 0 aliphatic carbocycles. The Balaban J connectivity index is 1.70. The maximum Gasteiger partial charge on any atom is 0.256 e. The zero-order valence-electron chi connectivity index (χ0n) is 14.4. The zero-order valence-corrected chi connectivity index (χ0v) is 16.0. The number of aromatic nitrogens is 1. The minimum absolute atomic E-state index is 0.240. The average molecular weight is 423 g/mol. The summed E-state index contributed by atoms with van der Waals surface area (Å²) in [4.78, 5) is 17.2. The van der Waals surface area contributed by atoms with Gasteiger partial charge < -0.3 is 14.5 Å². The lowest BCUT2D eigenvalue weighted by Crippen LogP contribution is -2.13. The van der Waals surface area contributed by atoms with Gasteiger partial charge in [0.1, 0.15) is 11.3 Å². The molecule has 6 heteroatoms. The summed E-state index contributed by atoms with van der Waals surface area (Å²) in [6.45, 7) is 0. The maximum atomic E-state index is 12.7. The van der Waals surface area contributed by atoms with Gasteiger partial charge in [0.05, 0.1) is 18.4 Å². The highest BCUT2D eigenvalue weighted by Gasteiger charge is 2.15. The van der Waals surface area contributed by atoms with Crippen LogP contribution in [0.25, 0.3) is 22.6 Å². The van der Waals surface area contributed by atoms with Crippen molar-refractivity contribution in [2.75, 3.05) is 12.4 Å². The summed E-state index contributed by atoms with van der Waals surface area (Å²) in [5, 5.41) is 2.90. The third-order valence-electron chi connectivity index (χ3n) is 4.11. The first-order chi connectivity index (χ1) is 13.2. The molecule has 0 radical (unpaired) electrons. The average Bonchev–Trinajstić information content (AvgIpc) is 3.12. The van der Waals surface area contributed by atoms with Crippen molar-refractivity contribution in [3.8, 4) is 17.2 Å². The van der Waals surface area contributed by atoms with E-state index in [1.54, 1.807) is 25.3 Å². The van der Waals surface area contributed by atoms with Crippen LogP contribution in [0.1, 0.15) is 10.4 Å². The van der Waals surface area contributed by atoms with Gasteiger partial charge in [-0.1, -0.05) is 24.3 Å². The molecule has 0 atom stereocenters. The van der Waals surface area contributed by atoms with Crippen LogP contribution in [-0.4, -0.2) is 18.0 Å². The molecule has 0 saturated heterocycles. The van der Waals surface area contributed by atoms with Crippen molar-refractivity contribution in [2.24, 2.45) is 0 Å². The van der Waals surface area contributed by atoms with Crippen LogP contribution in [0, 0.1) is 0 Å². The summed E-state index contributed by atoms with van der Waals surface area (Å²) in [5.41, 5.74) is 3.31. The lowest BCUT2D eigenvalue weighted by Gasteiger charge is -2.12. The standard InChI is InChI=1S/C21H15BrN2O3/c1-26-18-11-10-13(21-24-16-8-4-5-9-19(16)27-21)12-17(18)23-20(25)14-6-2-3-7-15(14)22/h2-12H,1H3,(H,23,25). The largest absolute Gasteiger partial charge is 0.495 e. The lowest BCUT2D eigenvalue weighted by molar-refractivity contribution is 0.102. The first-order valence-electron chi connectivity index (χ1n) is 8.25. The van der Waals surface area contributed by atoms with Crippen molar-refractivity contribution in [2.45, 2.75) is 0 Å². The number of anilines is 1. The fraction of sp³-hybridized carbons (Fsp3) is 0.0476. The molecule has 0 saturated carbocycles. The van der Waals surface area contributed by atoms with E-state index in [-0.39, 0.29) is 5.91 Å². The van der Waals surface area contributed by atoms with Gasteiger partial charge in [0, 0.05) is 10.0 Å². The van der Waals surface area contributed by atoms with Crippen molar-refractivity contribution in [1.82, 2.24) is 4.98 Å². The molecule has 1 amide bonds. The fourth-order valence-electron chi connectivity index (χ4n) is 2.77. The smallest absolute Gasteiger partial charge is 0.256 e. The maximum absolute atomic E-state index is 12.7. The molecule has 4 aromatic rings. The van der Waals surface area contributed by atoms with E-state index in [2.05, 4.69) is 26.2 Å². The fourth-order valence-corrected chi connectivity index (χ4v) is 3.23. The number of rotatable bonds is 4. The second-order valence-electron chi connectivity index (χ2n) is 5.84. The number of oxazole rings is 1. The molecule has 0 spiro atoms. The number of fused-ring (bicyclic) bond motifs is 1. The topological polar surface area (TPSA) is 64.4 Å². The Hall–Kier alpha value is -3.12. The molecule has 1 N–H and O–H groups in total. The van der Waals surface area contributed by atoms with Crippen molar-refractivity contribution < 1.29 is 13.9 Å². The summed E-state index contributed by atoms with van der Waals surface area (Å²) in [6, 6.07) is 20.2. The molecule has 27 heavy (non-hydrogen) atoms. The Bertz CT molecular complexity index is 1100. The molecule has 134 valence electrons. The van der Waals surface area contributed by atoms with Gasteiger partial charge in [-0.25, -0.2) is 4.98 Å². The molecular formula is C21H15BrN2O3. The lowest BCUT2D eigenvalue weighted by atomic mass is 10.1. The van der Waals surface area contributed by atoms with Crippen molar-refractivity contribution in [3.05, 3.63) is 76.8 Å². The Labute approximate surface area is 164 Å². The molecule has 1 aromatic heterocycles. The second kappa shape index (κ2) is 7.25. The van der Waals surface area contributed by atoms with Crippen LogP contribution in [0.3, 0.4) is 0 Å². The Morgan fingerprint density at radius 2 is 1.85 bits per heavy atom. The number of methoxy groups -OCH3 is 1. The number of benzene rings is 3. The normalized spacial score (nSPS) is 10.7. The SMILES string of the molecule is COc1ccc(-c2nc3ccccc3o2)cc1NC(=O)c1ccccc1Br. The summed E-state index contributed by atoms with van der Waals surface area (Å²) >= 11 is 3.40. The molecule has 4 rings (SSSR count). The minimum Gasteiger partial charge on any atom is -0.495 e. The minimum atomic E-state index is -0.240. The summed E-state index contributed by atoms with van der Waals surface area (Å²) < 4.78 is 11.9. The highest BCUT2D eigenvalue weighted by Crippen LogP contribution is 2.32. The number of nitrogens with zero attached hydrogens (tertiary/aromatic N) is 1. The molecule has 0 aliphatic rings. The Morgan fingerprint density at radius 1 is 1.07 bits per heavy atom. The van der Waals surface area contributed by atoms with Gasteiger partial charge >= 0.3 is 0 Å². The van der Waals surface area contributed by atoms with E-state index in [4.69, 9.17) is 9.15 Å². The number of para-hydroxylation sites is 2. The van der Waals surface area contributed by atoms with Gasteiger partial charge in [-0.3, -0.25) is 4.79 Å². The molecule has 0 bridgehead atoms. The van der Waals surface area contributed by atoms with Gasteiger partial charge in [-0.05, 0) is 58.4 Å². The van der Waals surface area contributed by atoms with E-state index in [0.29, 0.717) is 28.5 Å². The van der Waals surface area contributed by atoms with Gasteiger partial charge in [-0.15, -0.1) is 0 Å². The van der Waals surface area contributed by atoms with Gasteiger partial charge in [0.2, 0.25) is 5.89 Å². The summed E-state index contributed by atoms with van der Waals surface area (Å²) in [5.74, 6) is 0.793. The summed E-state index contributed by atoms with van der Waals surface area (Å²) in [7, 11) is 1.56. The van der Waals surface area contributed by atoms with Crippen LogP contribution in [0.4, 0.5) is 5.69 Å². The van der Waals surface area contributed by atoms with Crippen LogP contribution < -0.4 is 10.1 Å².